The average molecular weight is 445 g/mol. The highest BCUT2D eigenvalue weighted by Crippen LogP contribution is 2.39. The molecule has 0 aliphatic heterocycles. The second-order valence-corrected chi connectivity index (χ2v) is 6.27. The summed E-state index contributed by atoms with van der Waals surface area (Å²) in [6.07, 6.45) is -0.486. The maximum Gasteiger partial charge on any atom is 0.401 e. The number of benzene rings is 1. The summed E-state index contributed by atoms with van der Waals surface area (Å²) in [4.78, 5) is 22.5. The van der Waals surface area contributed by atoms with Gasteiger partial charge in [0.1, 0.15) is 5.69 Å². The van der Waals surface area contributed by atoms with E-state index in [1.54, 1.807) is 4.90 Å². The van der Waals surface area contributed by atoms with Crippen LogP contribution in [0.25, 0.3) is 11.0 Å². The maximum absolute atomic E-state index is 12.0. The van der Waals surface area contributed by atoms with Crippen molar-refractivity contribution >= 4 is 28.1 Å². The second kappa shape index (κ2) is 10.8. The van der Waals surface area contributed by atoms with Crippen molar-refractivity contribution in [2.45, 2.75) is 25.4 Å². The normalized spacial score (nSPS) is 11.5. The van der Waals surface area contributed by atoms with E-state index < -0.39 is 39.3 Å². The van der Waals surface area contributed by atoms with Crippen LogP contribution in [0.15, 0.2) is 10.7 Å². The highest BCUT2D eigenvalue weighted by atomic mass is 16.8. The molecule has 0 atom stereocenters. The van der Waals surface area contributed by atoms with E-state index in [1.165, 1.54) is 28.4 Å². The molecule has 0 fully saturated rings. The van der Waals surface area contributed by atoms with Crippen LogP contribution in [0.1, 0.15) is 12.8 Å². The van der Waals surface area contributed by atoms with Crippen LogP contribution in [-0.2, 0) is 18.9 Å². The van der Waals surface area contributed by atoms with Gasteiger partial charge in [0.2, 0.25) is 0 Å². The fraction of sp³-hybridized carbons (Fsp3) is 0.625. The highest BCUT2D eigenvalue weighted by molar-refractivity contribution is 5.96. The van der Waals surface area contributed by atoms with Crippen LogP contribution in [0.5, 0.6) is 0 Å². The summed E-state index contributed by atoms with van der Waals surface area (Å²) in [5.41, 5.74) is -2.61. The van der Waals surface area contributed by atoms with Crippen molar-refractivity contribution in [1.82, 2.24) is 5.16 Å². The predicted molar refractivity (Wildman–Crippen MR) is 103 cm³/mol. The Labute approximate surface area is 175 Å². The summed E-state index contributed by atoms with van der Waals surface area (Å²) < 4.78 is 25.2. The molecule has 15 nitrogen and oxygen atoms in total. The quantitative estimate of drug-likeness (QED) is 0.186. The van der Waals surface area contributed by atoms with Crippen molar-refractivity contribution < 1.29 is 38.3 Å². The lowest BCUT2D eigenvalue weighted by atomic mass is 10.1. The Hall–Kier alpha value is -3.14. The Morgan fingerprint density at radius 2 is 1.55 bits per heavy atom. The molecule has 0 aliphatic rings. The van der Waals surface area contributed by atoms with Gasteiger partial charge in [-0.1, -0.05) is 0 Å². The molecule has 1 heterocycles. The lowest BCUT2D eigenvalue weighted by molar-refractivity contribution is -0.783. The van der Waals surface area contributed by atoms with E-state index in [0.29, 0.717) is 12.8 Å². The topological polar surface area (TPSA) is 179 Å². The molecule has 1 aromatic carbocycles. The predicted octanol–water partition coefficient (Wildman–Crippen LogP) is 1.10. The number of rotatable bonds is 13. The van der Waals surface area contributed by atoms with Crippen LogP contribution >= 0.6 is 0 Å². The summed E-state index contributed by atoms with van der Waals surface area (Å²) >= 11 is 0. The smallest absolute Gasteiger partial charge is 0.367 e. The second-order valence-electron chi connectivity index (χ2n) is 6.27. The molecular weight excluding hydrogens is 422 g/mol. The number of aromatic nitrogens is 2. The molecular formula is C16H23N5O10. The van der Waals surface area contributed by atoms with E-state index >= 15 is 0 Å². The van der Waals surface area contributed by atoms with Crippen LogP contribution in [0.4, 0.5) is 17.1 Å². The first-order valence-electron chi connectivity index (χ1n) is 9.00. The van der Waals surface area contributed by atoms with Gasteiger partial charge in [-0.3, -0.25) is 24.9 Å². The zero-order chi connectivity index (χ0) is 23.1. The van der Waals surface area contributed by atoms with E-state index in [2.05, 4.69) is 9.79 Å². The summed E-state index contributed by atoms with van der Waals surface area (Å²) in [5.74, 6) is 0. The molecule has 0 unspecified atom stereocenters. The lowest BCUT2D eigenvalue weighted by Gasteiger charge is -2.27. The molecule has 0 saturated carbocycles. The molecule has 0 spiro atoms. The van der Waals surface area contributed by atoms with E-state index in [0.717, 1.165) is 6.07 Å². The molecule has 1 aromatic heterocycles. The number of fused-ring (bicyclic) bond motifs is 1. The molecule has 0 N–H and O–H groups in total. The van der Waals surface area contributed by atoms with Crippen molar-refractivity contribution in [2.24, 2.45) is 0 Å². The Morgan fingerprint density at radius 3 is 1.97 bits per heavy atom. The first-order valence-corrected chi connectivity index (χ1v) is 9.00. The van der Waals surface area contributed by atoms with Gasteiger partial charge in [-0.05, 0) is 4.90 Å². The largest absolute Gasteiger partial charge is 0.401 e. The summed E-state index contributed by atoms with van der Waals surface area (Å²) in [6.45, 7) is 0.477. The Kier molecular flexibility index (Phi) is 8.38. The standard InChI is InChI=1S/C16H23N5O10/c1-27-12(28-2)5-7-18(8-6-13(29-3)30-4)10-9-11(19(22)23)15(20(24)25)16-14(10)17-31-21(16)26/h9,12-13H,5-8H2,1-4H3. The zero-order valence-corrected chi connectivity index (χ0v) is 17.4. The average Bonchev–Trinajstić information content (AvgIpc) is 3.13. The fourth-order valence-corrected chi connectivity index (χ4v) is 3.10. The molecule has 15 heteroatoms. The number of hydrogen-bond acceptors (Lipinski definition) is 12. The molecule has 172 valence electrons. The SMILES string of the molecule is COC(CCN(CCC(OC)OC)c1cc([N+](=O)[O-])c([N+](=O)[O-])c2c1no[n+]2[O-])OC. The number of nitrogens with zero attached hydrogens (tertiary/aromatic N) is 5. The van der Waals surface area contributed by atoms with Gasteiger partial charge in [0.05, 0.1) is 15.9 Å². The van der Waals surface area contributed by atoms with Gasteiger partial charge in [0, 0.05) is 59.5 Å². The van der Waals surface area contributed by atoms with Gasteiger partial charge in [0.25, 0.3) is 5.52 Å². The molecule has 2 aromatic rings. The molecule has 0 bridgehead atoms. The van der Waals surface area contributed by atoms with Crippen LogP contribution in [-0.4, -0.2) is 69.1 Å². The van der Waals surface area contributed by atoms with Crippen molar-refractivity contribution in [3.63, 3.8) is 0 Å². The third-order valence-corrected chi connectivity index (χ3v) is 4.64. The zero-order valence-electron chi connectivity index (χ0n) is 17.4. The van der Waals surface area contributed by atoms with Crippen molar-refractivity contribution in [3.8, 4) is 0 Å². The molecule has 31 heavy (non-hydrogen) atoms. The van der Waals surface area contributed by atoms with E-state index in [-0.39, 0.29) is 29.2 Å². The first kappa shape index (κ1) is 24.1. The molecule has 0 radical (unpaired) electrons. The summed E-state index contributed by atoms with van der Waals surface area (Å²) in [7, 11) is 5.82. The third kappa shape index (κ3) is 5.32. The van der Waals surface area contributed by atoms with Crippen molar-refractivity contribution in [1.29, 1.82) is 0 Å². The Morgan fingerprint density at radius 1 is 1.03 bits per heavy atom. The van der Waals surface area contributed by atoms with Crippen molar-refractivity contribution in [3.05, 3.63) is 31.5 Å². The molecule has 0 aliphatic carbocycles. The summed E-state index contributed by atoms with van der Waals surface area (Å²) in [6, 6.07) is 0.992. The third-order valence-electron chi connectivity index (χ3n) is 4.64. The van der Waals surface area contributed by atoms with Crippen LogP contribution in [0.2, 0.25) is 0 Å². The fourth-order valence-electron chi connectivity index (χ4n) is 3.10. The van der Waals surface area contributed by atoms with Gasteiger partial charge in [-0.25, -0.2) is 0 Å². The van der Waals surface area contributed by atoms with E-state index in [9.17, 15) is 25.4 Å². The monoisotopic (exact) mass is 445 g/mol. The minimum absolute atomic E-state index is 0.0996. The minimum atomic E-state index is -1.02. The van der Waals surface area contributed by atoms with Crippen LogP contribution in [0.3, 0.4) is 0 Å². The van der Waals surface area contributed by atoms with Gasteiger partial charge in [-0.2, -0.15) is 0 Å². The van der Waals surface area contributed by atoms with Gasteiger partial charge in [0.15, 0.2) is 12.6 Å². The van der Waals surface area contributed by atoms with Crippen molar-refractivity contribution in [2.75, 3.05) is 46.4 Å². The number of ether oxygens (including phenoxy) is 4. The van der Waals surface area contributed by atoms with Gasteiger partial charge >= 0.3 is 16.9 Å². The number of nitro groups is 2. The molecule has 0 saturated heterocycles. The number of methoxy groups -OCH3 is 4. The molecule has 0 amide bonds. The van der Waals surface area contributed by atoms with E-state index in [4.69, 9.17) is 18.9 Å². The van der Waals surface area contributed by atoms with Crippen LogP contribution in [0, 0.1) is 25.4 Å². The minimum Gasteiger partial charge on any atom is -0.367 e. The van der Waals surface area contributed by atoms with E-state index in [1.807, 2.05) is 0 Å². The number of nitro benzene ring substituents is 2. The highest BCUT2D eigenvalue weighted by Gasteiger charge is 2.38. The van der Waals surface area contributed by atoms with Gasteiger partial charge < -0.3 is 29.1 Å². The number of hydrogen-bond donors (Lipinski definition) is 0. The number of anilines is 1. The lowest BCUT2D eigenvalue weighted by Crippen LogP contribution is -2.32. The Balaban J connectivity index is 2.59. The maximum atomic E-state index is 12.0. The Bertz CT molecular complexity index is 896. The van der Waals surface area contributed by atoms with Crippen LogP contribution < -0.4 is 9.80 Å². The van der Waals surface area contributed by atoms with Gasteiger partial charge in [-0.15, -0.1) is 0 Å². The summed E-state index contributed by atoms with van der Waals surface area (Å²) in [5, 5.41) is 38.6. The first-order chi connectivity index (χ1) is 14.8. The molecule has 2 rings (SSSR count).